The molecule has 0 saturated carbocycles. The maximum atomic E-state index is 13.5. The van der Waals surface area contributed by atoms with Crippen LogP contribution in [0.15, 0.2) is 90.5 Å². The molecule has 1 saturated heterocycles. The maximum Gasteiger partial charge on any atom is 0.335 e. The molecule has 0 bridgehead atoms. The van der Waals surface area contributed by atoms with E-state index in [0.717, 1.165) is 21.2 Å². The van der Waals surface area contributed by atoms with E-state index in [1.165, 1.54) is 6.08 Å². The van der Waals surface area contributed by atoms with Crippen LogP contribution >= 0.6 is 11.6 Å². The number of carbonyl (C=O) groups is 3. The number of urea groups is 1. The van der Waals surface area contributed by atoms with Gasteiger partial charge in [-0.15, -0.1) is 0 Å². The number of amides is 4. The lowest BCUT2D eigenvalue weighted by Gasteiger charge is -2.26. The first-order chi connectivity index (χ1) is 18.8. The highest BCUT2D eigenvalue weighted by atomic mass is 35.5. The minimum absolute atomic E-state index is 0.129. The van der Waals surface area contributed by atoms with E-state index in [1.54, 1.807) is 30.3 Å². The second-order valence-electron chi connectivity index (χ2n) is 9.20. The van der Waals surface area contributed by atoms with E-state index in [0.29, 0.717) is 22.1 Å². The van der Waals surface area contributed by atoms with Gasteiger partial charge in [-0.05, 0) is 67.1 Å². The van der Waals surface area contributed by atoms with E-state index >= 15 is 0 Å². The number of carbonyl (C=O) groups excluding carboxylic acids is 3. The van der Waals surface area contributed by atoms with E-state index in [4.69, 9.17) is 21.1 Å². The summed E-state index contributed by atoms with van der Waals surface area (Å²) in [5.74, 6) is -0.455. The summed E-state index contributed by atoms with van der Waals surface area (Å²) in [5, 5.41) is 4.61. The number of barbiturate groups is 1. The van der Waals surface area contributed by atoms with Crippen LogP contribution < -0.4 is 19.7 Å². The summed E-state index contributed by atoms with van der Waals surface area (Å²) in [5.41, 5.74) is 1.52. The Morgan fingerprint density at radius 3 is 2.36 bits per heavy atom. The molecule has 0 spiro atoms. The van der Waals surface area contributed by atoms with Crippen molar-refractivity contribution in [3.05, 3.63) is 107 Å². The van der Waals surface area contributed by atoms with Gasteiger partial charge in [-0.1, -0.05) is 60.1 Å². The molecule has 0 aromatic heterocycles. The second kappa shape index (κ2) is 11.0. The van der Waals surface area contributed by atoms with Crippen molar-refractivity contribution in [1.82, 2.24) is 5.32 Å². The Morgan fingerprint density at radius 2 is 1.62 bits per heavy atom. The molecule has 1 fully saturated rings. The summed E-state index contributed by atoms with van der Waals surface area (Å²) in [6.45, 7) is 4.05. The van der Waals surface area contributed by atoms with Crippen LogP contribution in [-0.2, 0) is 16.2 Å². The molecule has 1 aliphatic rings. The van der Waals surface area contributed by atoms with Crippen LogP contribution in [0, 0.1) is 0 Å². The lowest BCUT2D eigenvalue weighted by atomic mass is 9.99. The first-order valence-corrected chi connectivity index (χ1v) is 12.8. The predicted molar refractivity (Wildman–Crippen MR) is 151 cm³/mol. The average molecular weight is 541 g/mol. The van der Waals surface area contributed by atoms with Gasteiger partial charge in [0.1, 0.15) is 23.7 Å². The third kappa shape index (κ3) is 5.49. The van der Waals surface area contributed by atoms with Gasteiger partial charge in [0.15, 0.2) is 0 Å². The number of rotatable bonds is 7. The van der Waals surface area contributed by atoms with Gasteiger partial charge in [0, 0.05) is 16.1 Å². The zero-order valence-electron chi connectivity index (χ0n) is 21.3. The monoisotopic (exact) mass is 540 g/mol. The molecular weight excluding hydrogens is 516 g/mol. The third-order valence-electron chi connectivity index (χ3n) is 6.13. The first kappa shape index (κ1) is 26.0. The SMILES string of the molecule is CC(C)Oc1ccc2ccccc2c1/C=C1\C(=O)NC(=O)N(c2ccc(OCc3ccccc3Cl)cc2)C1=O. The van der Waals surface area contributed by atoms with Crippen LogP contribution in [-0.4, -0.2) is 23.9 Å². The molecule has 4 amide bonds. The number of nitrogens with zero attached hydrogens (tertiary/aromatic N) is 1. The van der Waals surface area contributed by atoms with Crippen molar-refractivity contribution in [1.29, 1.82) is 0 Å². The summed E-state index contributed by atoms with van der Waals surface area (Å²) in [4.78, 5) is 40.1. The van der Waals surface area contributed by atoms with Crippen LogP contribution in [0.3, 0.4) is 0 Å². The number of ether oxygens (including phenoxy) is 2. The molecule has 0 aliphatic carbocycles. The van der Waals surface area contributed by atoms with Gasteiger partial charge >= 0.3 is 6.03 Å². The number of nitrogens with one attached hydrogen (secondary N) is 1. The number of hydrogen-bond donors (Lipinski definition) is 1. The Balaban J connectivity index is 1.45. The summed E-state index contributed by atoms with van der Waals surface area (Å²) in [7, 11) is 0. The van der Waals surface area contributed by atoms with Crippen molar-refractivity contribution in [3.63, 3.8) is 0 Å². The second-order valence-corrected chi connectivity index (χ2v) is 9.60. The minimum Gasteiger partial charge on any atom is -0.490 e. The number of anilines is 1. The molecule has 1 heterocycles. The molecule has 4 aromatic carbocycles. The molecule has 196 valence electrons. The lowest BCUT2D eigenvalue weighted by Crippen LogP contribution is -2.54. The number of hydrogen-bond acceptors (Lipinski definition) is 5. The fourth-order valence-corrected chi connectivity index (χ4v) is 4.48. The van der Waals surface area contributed by atoms with E-state index < -0.39 is 17.8 Å². The van der Waals surface area contributed by atoms with Gasteiger partial charge < -0.3 is 9.47 Å². The van der Waals surface area contributed by atoms with Crippen molar-refractivity contribution in [3.8, 4) is 11.5 Å². The zero-order chi connectivity index (χ0) is 27.5. The topological polar surface area (TPSA) is 84.9 Å². The van der Waals surface area contributed by atoms with E-state index in [1.807, 2.05) is 68.4 Å². The molecule has 0 unspecified atom stereocenters. The third-order valence-corrected chi connectivity index (χ3v) is 6.50. The van der Waals surface area contributed by atoms with Crippen molar-refractivity contribution in [2.45, 2.75) is 26.6 Å². The smallest absolute Gasteiger partial charge is 0.335 e. The minimum atomic E-state index is -0.830. The molecule has 0 radical (unpaired) electrons. The van der Waals surface area contributed by atoms with E-state index in [-0.39, 0.29) is 24.0 Å². The highest BCUT2D eigenvalue weighted by Gasteiger charge is 2.37. The number of benzene rings is 4. The molecule has 1 aliphatic heterocycles. The maximum absolute atomic E-state index is 13.5. The summed E-state index contributed by atoms with van der Waals surface area (Å²) in [6.07, 6.45) is 1.36. The average Bonchev–Trinajstić information content (AvgIpc) is 2.91. The molecule has 8 heteroatoms. The molecule has 39 heavy (non-hydrogen) atoms. The Hall–Kier alpha value is -4.62. The zero-order valence-corrected chi connectivity index (χ0v) is 22.1. The Morgan fingerprint density at radius 1 is 0.897 bits per heavy atom. The molecule has 7 nitrogen and oxygen atoms in total. The van der Waals surface area contributed by atoms with Crippen molar-refractivity contribution >= 4 is 52.0 Å². The summed E-state index contributed by atoms with van der Waals surface area (Å²) < 4.78 is 11.8. The van der Waals surface area contributed by atoms with Crippen molar-refractivity contribution < 1.29 is 23.9 Å². The van der Waals surface area contributed by atoms with Crippen LogP contribution in [0.1, 0.15) is 25.0 Å². The highest BCUT2D eigenvalue weighted by Crippen LogP contribution is 2.33. The molecule has 0 atom stereocenters. The van der Waals surface area contributed by atoms with E-state index in [2.05, 4.69) is 5.32 Å². The molecule has 5 rings (SSSR count). The van der Waals surface area contributed by atoms with Crippen molar-refractivity contribution in [2.24, 2.45) is 0 Å². The van der Waals surface area contributed by atoms with Gasteiger partial charge in [0.2, 0.25) is 0 Å². The van der Waals surface area contributed by atoms with Crippen LogP contribution in [0.5, 0.6) is 11.5 Å². The van der Waals surface area contributed by atoms with E-state index in [9.17, 15) is 14.4 Å². The Bertz CT molecular complexity index is 1610. The summed E-state index contributed by atoms with van der Waals surface area (Å²) >= 11 is 6.19. The first-order valence-electron chi connectivity index (χ1n) is 12.4. The van der Waals surface area contributed by atoms with Crippen molar-refractivity contribution in [2.75, 3.05) is 4.90 Å². The van der Waals surface area contributed by atoms with Gasteiger partial charge in [0.25, 0.3) is 11.8 Å². The predicted octanol–water partition coefficient (Wildman–Crippen LogP) is 6.53. The number of imide groups is 2. The molecule has 1 N–H and O–H groups in total. The Labute approximate surface area is 230 Å². The Kier molecular flexibility index (Phi) is 7.34. The summed E-state index contributed by atoms with van der Waals surface area (Å²) in [6, 6.07) is 24.3. The van der Waals surface area contributed by atoms with Crippen LogP contribution in [0.4, 0.5) is 10.5 Å². The largest absolute Gasteiger partial charge is 0.490 e. The number of halogens is 1. The number of fused-ring (bicyclic) bond motifs is 1. The van der Waals surface area contributed by atoms with Gasteiger partial charge in [-0.2, -0.15) is 0 Å². The lowest BCUT2D eigenvalue weighted by molar-refractivity contribution is -0.122. The molecular formula is C31H25ClN2O5. The van der Waals surface area contributed by atoms with Crippen LogP contribution in [0.2, 0.25) is 5.02 Å². The quantitative estimate of drug-likeness (QED) is 0.213. The normalized spacial score (nSPS) is 14.7. The molecule has 4 aromatic rings. The van der Waals surface area contributed by atoms with Gasteiger partial charge in [0.05, 0.1) is 11.8 Å². The fourth-order valence-electron chi connectivity index (χ4n) is 4.29. The van der Waals surface area contributed by atoms with Gasteiger partial charge in [-0.25, -0.2) is 9.69 Å². The van der Waals surface area contributed by atoms with Crippen LogP contribution in [0.25, 0.3) is 16.8 Å². The van der Waals surface area contributed by atoms with Gasteiger partial charge in [-0.3, -0.25) is 14.9 Å². The standard InChI is InChI=1S/C31H25ClN2O5/c1-19(2)39-28-16-11-20-7-3-5-9-24(20)25(28)17-26-29(35)33-31(37)34(30(26)36)22-12-14-23(15-13-22)38-18-21-8-4-6-10-27(21)32/h3-17,19H,18H2,1-2H3,(H,33,35,37)/b26-17+. The fraction of sp³-hybridized carbons (Fsp3) is 0.129. The highest BCUT2D eigenvalue weighted by molar-refractivity contribution is 6.39.